The van der Waals surface area contributed by atoms with Crippen molar-refractivity contribution in [2.75, 3.05) is 0 Å². The predicted octanol–water partition coefficient (Wildman–Crippen LogP) is 5.26. The third kappa shape index (κ3) is 1.76. The molecule has 0 amide bonds. The van der Waals surface area contributed by atoms with Gasteiger partial charge in [-0.1, -0.05) is 42.5 Å². The molecule has 0 atom stereocenters. The number of hydrogen-bond acceptors (Lipinski definition) is 2. The fraction of sp³-hybridized carbons (Fsp3) is 0.105. The number of pyridine rings is 1. The van der Waals surface area contributed by atoms with Crippen molar-refractivity contribution in [2.24, 2.45) is 0 Å². The molecule has 0 bridgehead atoms. The Morgan fingerprint density at radius 3 is 2.38 bits per heavy atom. The van der Waals surface area contributed by atoms with Crippen molar-refractivity contribution in [1.82, 2.24) is 4.98 Å². The first-order chi connectivity index (χ1) is 10.3. The standard InChI is InChI=1S/C19H15NO/c1-12-8-9-15-16-10-11-20-17(14-6-4-3-5-7-14)19(16)21-18(15)13(12)2/h3-11H,1-2H3. The highest BCUT2D eigenvalue weighted by atomic mass is 16.3. The summed E-state index contributed by atoms with van der Waals surface area (Å²) in [4.78, 5) is 4.53. The zero-order valence-electron chi connectivity index (χ0n) is 12.1. The van der Waals surface area contributed by atoms with Crippen molar-refractivity contribution in [3.05, 3.63) is 65.9 Å². The van der Waals surface area contributed by atoms with Crippen molar-refractivity contribution < 1.29 is 4.42 Å². The van der Waals surface area contributed by atoms with E-state index in [9.17, 15) is 0 Å². The average molecular weight is 273 g/mol. The summed E-state index contributed by atoms with van der Waals surface area (Å²) in [6.07, 6.45) is 1.86. The van der Waals surface area contributed by atoms with Gasteiger partial charge in [-0.2, -0.15) is 0 Å². The molecule has 0 aliphatic rings. The van der Waals surface area contributed by atoms with Gasteiger partial charge in [-0.05, 0) is 31.0 Å². The number of aromatic nitrogens is 1. The van der Waals surface area contributed by atoms with Gasteiger partial charge in [-0.3, -0.25) is 4.98 Å². The zero-order valence-corrected chi connectivity index (χ0v) is 12.1. The van der Waals surface area contributed by atoms with Crippen molar-refractivity contribution >= 4 is 21.9 Å². The topological polar surface area (TPSA) is 26.0 Å². The number of nitrogens with zero attached hydrogens (tertiary/aromatic N) is 1. The normalized spacial score (nSPS) is 11.3. The molecule has 0 N–H and O–H groups in total. The van der Waals surface area contributed by atoms with E-state index in [4.69, 9.17) is 4.42 Å². The molecule has 0 spiro atoms. The van der Waals surface area contributed by atoms with Crippen LogP contribution in [0.4, 0.5) is 0 Å². The van der Waals surface area contributed by atoms with Gasteiger partial charge in [-0.25, -0.2) is 0 Å². The molecule has 0 aliphatic heterocycles. The Hall–Kier alpha value is -2.61. The largest absolute Gasteiger partial charge is 0.453 e. The summed E-state index contributed by atoms with van der Waals surface area (Å²) in [5.74, 6) is 0. The maximum absolute atomic E-state index is 6.19. The molecule has 0 saturated heterocycles. The van der Waals surface area contributed by atoms with Gasteiger partial charge in [0, 0.05) is 22.5 Å². The second kappa shape index (κ2) is 4.45. The average Bonchev–Trinajstić information content (AvgIpc) is 2.91. The summed E-state index contributed by atoms with van der Waals surface area (Å²) < 4.78 is 6.19. The number of benzene rings is 2. The number of rotatable bonds is 1. The van der Waals surface area contributed by atoms with Crippen molar-refractivity contribution in [3.8, 4) is 11.3 Å². The smallest absolute Gasteiger partial charge is 0.161 e. The molecule has 102 valence electrons. The summed E-state index contributed by atoms with van der Waals surface area (Å²) in [5.41, 5.74) is 6.26. The number of fused-ring (bicyclic) bond motifs is 3. The molecular weight excluding hydrogens is 258 g/mol. The Morgan fingerprint density at radius 2 is 1.57 bits per heavy atom. The van der Waals surface area contributed by atoms with Gasteiger partial charge in [0.1, 0.15) is 11.3 Å². The van der Waals surface area contributed by atoms with Gasteiger partial charge in [0.05, 0.1) is 0 Å². The van der Waals surface area contributed by atoms with Crippen LogP contribution in [0.15, 0.2) is 59.1 Å². The first kappa shape index (κ1) is 12.2. The van der Waals surface area contributed by atoms with Crippen LogP contribution in [-0.4, -0.2) is 4.98 Å². The molecule has 0 fully saturated rings. The van der Waals surface area contributed by atoms with E-state index in [2.05, 4.69) is 43.1 Å². The summed E-state index contributed by atoms with van der Waals surface area (Å²) >= 11 is 0. The van der Waals surface area contributed by atoms with E-state index in [0.29, 0.717) is 0 Å². The summed E-state index contributed by atoms with van der Waals surface area (Å²) in [5, 5.41) is 2.29. The lowest BCUT2D eigenvalue weighted by atomic mass is 10.0. The minimum atomic E-state index is 0.868. The maximum atomic E-state index is 6.19. The van der Waals surface area contributed by atoms with Gasteiger partial charge < -0.3 is 4.42 Å². The Bertz CT molecular complexity index is 952. The van der Waals surface area contributed by atoms with Crippen LogP contribution >= 0.6 is 0 Å². The second-order valence-corrected chi connectivity index (χ2v) is 5.39. The molecule has 0 saturated carbocycles. The van der Waals surface area contributed by atoms with Gasteiger partial charge >= 0.3 is 0 Å². The van der Waals surface area contributed by atoms with E-state index in [0.717, 1.165) is 33.2 Å². The van der Waals surface area contributed by atoms with Crippen LogP contribution < -0.4 is 0 Å². The Morgan fingerprint density at radius 1 is 0.810 bits per heavy atom. The molecule has 2 nitrogen and oxygen atoms in total. The molecule has 2 heteroatoms. The lowest BCUT2D eigenvalue weighted by Crippen LogP contribution is -1.82. The lowest BCUT2D eigenvalue weighted by Gasteiger charge is -2.00. The van der Waals surface area contributed by atoms with Crippen LogP contribution in [0.3, 0.4) is 0 Å². The molecule has 4 aromatic rings. The van der Waals surface area contributed by atoms with Crippen molar-refractivity contribution in [1.29, 1.82) is 0 Å². The highest BCUT2D eigenvalue weighted by Crippen LogP contribution is 2.36. The van der Waals surface area contributed by atoms with E-state index in [1.165, 1.54) is 11.1 Å². The van der Waals surface area contributed by atoms with Crippen LogP contribution in [0.2, 0.25) is 0 Å². The monoisotopic (exact) mass is 273 g/mol. The maximum Gasteiger partial charge on any atom is 0.161 e. The molecule has 4 rings (SSSR count). The molecule has 0 radical (unpaired) electrons. The third-order valence-electron chi connectivity index (χ3n) is 4.12. The van der Waals surface area contributed by atoms with Crippen LogP contribution in [-0.2, 0) is 0 Å². The van der Waals surface area contributed by atoms with Gasteiger partial charge in [0.25, 0.3) is 0 Å². The SMILES string of the molecule is Cc1ccc2c(oc3c(-c4ccccc4)nccc32)c1C. The molecule has 2 aromatic heterocycles. The minimum Gasteiger partial charge on any atom is -0.453 e. The molecule has 21 heavy (non-hydrogen) atoms. The van der Waals surface area contributed by atoms with Gasteiger partial charge in [0.2, 0.25) is 0 Å². The first-order valence-electron chi connectivity index (χ1n) is 7.08. The van der Waals surface area contributed by atoms with Crippen LogP contribution in [0, 0.1) is 13.8 Å². The highest BCUT2D eigenvalue weighted by molar-refractivity contribution is 6.09. The molecule has 2 heterocycles. The first-order valence-corrected chi connectivity index (χ1v) is 7.08. The fourth-order valence-corrected chi connectivity index (χ4v) is 2.80. The molecule has 2 aromatic carbocycles. The Labute approximate surface area is 123 Å². The number of furan rings is 1. The molecular formula is C19H15NO. The Kier molecular flexibility index (Phi) is 2.58. The van der Waals surface area contributed by atoms with E-state index in [1.54, 1.807) is 0 Å². The van der Waals surface area contributed by atoms with Gasteiger partial charge in [-0.15, -0.1) is 0 Å². The predicted molar refractivity (Wildman–Crippen MR) is 86.4 cm³/mol. The van der Waals surface area contributed by atoms with E-state index >= 15 is 0 Å². The van der Waals surface area contributed by atoms with Crippen molar-refractivity contribution in [3.63, 3.8) is 0 Å². The third-order valence-corrected chi connectivity index (χ3v) is 4.12. The number of aryl methyl sites for hydroxylation is 2. The Balaban J connectivity index is 2.13. The summed E-state index contributed by atoms with van der Waals surface area (Å²) in [6, 6.07) is 16.5. The second-order valence-electron chi connectivity index (χ2n) is 5.39. The van der Waals surface area contributed by atoms with Crippen LogP contribution in [0.1, 0.15) is 11.1 Å². The molecule has 0 aliphatic carbocycles. The van der Waals surface area contributed by atoms with E-state index in [1.807, 2.05) is 30.5 Å². The lowest BCUT2D eigenvalue weighted by molar-refractivity contribution is 0.664. The molecule has 0 unspecified atom stereocenters. The van der Waals surface area contributed by atoms with E-state index < -0.39 is 0 Å². The fourth-order valence-electron chi connectivity index (χ4n) is 2.80. The summed E-state index contributed by atoms with van der Waals surface area (Å²) in [7, 11) is 0. The highest BCUT2D eigenvalue weighted by Gasteiger charge is 2.14. The van der Waals surface area contributed by atoms with Crippen LogP contribution in [0.25, 0.3) is 33.2 Å². The van der Waals surface area contributed by atoms with Gasteiger partial charge in [0.15, 0.2) is 5.58 Å². The van der Waals surface area contributed by atoms with E-state index in [-0.39, 0.29) is 0 Å². The zero-order chi connectivity index (χ0) is 14.4. The van der Waals surface area contributed by atoms with Crippen molar-refractivity contribution in [2.45, 2.75) is 13.8 Å². The summed E-state index contributed by atoms with van der Waals surface area (Å²) in [6.45, 7) is 4.22. The van der Waals surface area contributed by atoms with Crippen LogP contribution in [0.5, 0.6) is 0 Å². The minimum absolute atomic E-state index is 0.868. The quantitative estimate of drug-likeness (QED) is 0.472. The number of hydrogen-bond donors (Lipinski definition) is 0.